The van der Waals surface area contributed by atoms with E-state index in [4.69, 9.17) is 0 Å². The summed E-state index contributed by atoms with van der Waals surface area (Å²) >= 11 is 0. The van der Waals surface area contributed by atoms with E-state index in [2.05, 4.69) is 43.1 Å². The van der Waals surface area contributed by atoms with Gasteiger partial charge in [0.2, 0.25) is 0 Å². The van der Waals surface area contributed by atoms with Crippen LogP contribution in [0.25, 0.3) is 5.82 Å². The molecule has 0 bridgehead atoms. The summed E-state index contributed by atoms with van der Waals surface area (Å²) in [5.74, 6) is 1.11. The largest absolute Gasteiger partial charge is 0.306 e. The van der Waals surface area contributed by atoms with Crippen molar-refractivity contribution in [2.75, 3.05) is 5.32 Å². The lowest BCUT2D eigenvalue weighted by Crippen LogP contribution is -2.15. The fourth-order valence-corrected chi connectivity index (χ4v) is 2.57. The first-order valence-electron chi connectivity index (χ1n) is 8.80. The Morgan fingerprint density at radius 3 is 2.42 bits per heavy atom. The van der Waals surface area contributed by atoms with Crippen molar-refractivity contribution in [3.63, 3.8) is 0 Å². The summed E-state index contributed by atoms with van der Waals surface area (Å²) in [6.07, 6.45) is 2.66. The molecule has 0 saturated carbocycles. The number of carbonyl (C=O) groups excluding carboxylic acids is 1. The van der Waals surface area contributed by atoms with Crippen molar-refractivity contribution in [2.24, 2.45) is 0 Å². The molecular weight excluding hydrogens is 324 g/mol. The zero-order chi connectivity index (χ0) is 18.7. The molecule has 0 saturated heterocycles. The zero-order valence-electron chi connectivity index (χ0n) is 15.7. The molecule has 0 spiro atoms. The van der Waals surface area contributed by atoms with Crippen molar-refractivity contribution in [1.82, 2.24) is 14.8 Å². The Kier molecular flexibility index (Phi) is 4.89. The normalized spacial score (nSPS) is 11.4. The zero-order valence-corrected chi connectivity index (χ0v) is 15.7. The molecule has 1 N–H and O–H groups in total. The van der Waals surface area contributed by atoms with Gasteiger partial charge in [0.1, 0.15) is 5.82 Å². The summed E-state index contributed by atoms with van der Waals surface area (Å²) < 4.78 is 1.68. The molecule has 1 aromatic carbocycles. The first kappa shape index (κ1) is 17.9. The predicted octanol–water partition coefficient (Wildman–Crippen LogP) is 4.38. The molecule has 3 aromatic rings. The van der Waals surface area contributed by atoms with Crippen molar-refractivity contribution in [3.05, 3.63) is 71.5 Å². The van der Waals surface area contributed by atoms with E-state index in [1.54, 1.807) is 10.9 Å². The van der Waals surface area contributed by atoms with Gasteiger partial charge in [0.15, 0.2) is 5.82 Å². The Hall–Kier alpha value is -2.95. The van der Waals surface area contributed by atoms with Gasteiger partial charge in [-0.3, -0.25) is 4.79 Å². The molecular formula is C21H24N4O. The lowest BCUT2D eigenvalue weighted by molar-refractivity contribution is 0.102. The standard InChI is InChI=1S/C21H24N4O/c1-5-15-9-11-16(12-10-15)20(26)23-19-14-17(21(2,3)4)24-25(19)18-8-6-7-13-22-18/h6-14H,5H2,1-4H3,(H,23,26). The number of aryl methyl sites for hydroxylation is 1. The van der Waals surface area contributed by atoms with Gasteiger partial charge in [-0.05, 0) is 36.2 Å². The van der Waals surface area contributed by atoms with Gasteiger partial charge in [0.25, 0.3) is 5.91 Å². The maximum Gasteiger partial charge on any atom is 0.256 e. The summed E-state index contributed by atoms with van der Waals surface area (Å²) in [5.41, 5.74) is 2.57. The number of pyridine rings is 1. The molecule has 3 rings (SSSR count). The third-order valence-electron chi connectivity index (χ3n) is 4.21. The number of nitrogens with zero attached hydrogens (tertiary/aromatic N) is 3. The summed E-state index contributed by atoms with van der Waals surface area (Å²) in [6, 6.07) is 15.2. The van der Waals surface area contributed by atoms with Crippen LogP contribution in [0.5, 0.6) is 0 Å². The van der Waals surface area contributed by atoms with Crippen molar-refractivity contribution in [1.29, 1.82) is 0 Å². The molecule has 2 heterocycles. The summed E-state index contributed by atoms with van der Waals surface area (Å²) in [4.78, 5) is 17.0. The monoisotopic (exact) mass is 348 g/mol. The number of hydrogen-bond donors (Lipinski definition) is 1. The quantitative estimate of drug-likeness (QED) is 0.761. The minimum atomic E-state index is -0.162. The third kappa shape index (κ3) is 3.82. The molecule has 1 amide bonds. The van der Waals surface area contributed by atoms with Crippen LogP contribution in [0.3, 0.4) is 0 Å². The van der Waals surface area contributed by atoms with Crippen LogP contribution in [0.1, 0.15) is 49.3 Å². The lowest BCUT2D eigenvalue weighted by atomic mass is 9.92. The number of carbonyl (C=O) groups is 1. The van der Waals surface area contributed by atoms with Crippen LogP contribution in [0.4, 0.5) is 5.82 Å². The number of nitrogens with one attached hydrogen (secondary N) is 1. The number of rotatable bonds is 4. The first-order chi connectivity index (χ1) is 12.4. The van der Waals surface area contributed by atoms with Crippen LogP contribution in [-0.2, 0) is 11.8 Å². The van der Waals surface area contributed by atoms with Crippen molar-refractivity contribution in [2.45, 2.75) is 39.5 Å². The minimum Gasteiger partial charge on any atom is -0.306 e. The Bertz CT molecular complexity index is 890. The van der Waals surface area contributed by atoms with Gasteiger partial charge in [-0.25, -0.2) is 4.98 Å². The van der Waals surface area contributed by atoms with E-state index < -0.39 is 0 Å². The third-order valence-corrected chi connectivity index (χ3v) is 4.21. The number of benzene rings is 1. The van der Waals surface area contributed by atoms with Crippen LogP contribution in [-0.4, -0.2) is 20.7 Å². The number of hydrogen-bond acceptors (Lipinski definition) is 3. The highest BCUT2D eigenvalue weighted by molar-refractivity contribution is 6.04. The molecule has 0 atom stereocenters. The number of aromatic nitrogens is 3. The molecule has 0 aliphatic carbocycles. The molecule has 5 heteroatoms. The molecule has 26 heavy (non-hydrogen) atoms. The highest BCUT2D eigenvalue weighted by Crippen LogP contribution is 2.26. The van der Waals surface area contributed by atoms with Crippen molar-refractivity contribution in [3.8, 4) is 5.82 Å². The lowest BCUT2D eigenvalue weighted by Gasteiger charge is -2.13. The Labute approximate surface area is 154 Å². The minimum absolute atomic E-state index is 0.137. The highest BCUT2D eigenvalue weighted by Gasteiger charge is 2.22. The second-order valence-corrected chi connectivity index (χ2v) is 7.27. The van der Waals surface area contributed by atoms with Crippen molar-refractivity contribution < 1.29 is 4.79 Å². The van der Waals surface area contributed by atoms with Gasteiger partial charge in [-0.1, -0.05) is 45.9 Å². The molecule has 0 radical (unpaired) electrons. The van der Waals surface area contributed by atoms with E-state index in [1.807, 2.05) is 48.5 Å². The SMILES string of the molecule is CCc1ccc(C(=O)Nc2cc(C(C)(C)C)nn2-c2ccccn2)cc1. The van der Waals surface area contributed by atoms with Crippen molar-refractivity contribution >= 4 is 11.7 Å². The van der Waals surface area contributed by atoms with Gasteiger partial charge >= 0.3 is 0 Å². The maximum absolute atomic E-state index is 12.7. The molecule has 0 aliphatic rings. The van der Waals surface area contributed by atoms with E-state index in [1.165, 1.54) is 5.56 Å². The molecule has 2 aromatic heterocycles. The summed E-state index contributed by atoms with van der Waals surface area (Å²) in [7, 11) is 0. The second kappa shape index (κ2) is 7.12. The fraction of sp³-hybridized carbons (Fsp3) is 0.286. The van der Waals surface area contributed by atoms with Crippen LogP contribution < -0.4 is 5.32 Å². The average molecular weight is 348 g/mol. The summed E-state index contributed by atoms with van der Waals surface area (Å²) in [5, 5.41) is 7.64. The van der Waals surface area contributed by atoms with E-state index in [9.17, 15) is 4.79 Å². The molecule has 0 fully saturated rings. The van der Waals surface area contributed by atoms with Gasteiger partial charge in [0.05, 0.1) is 5.69 Å². The molecule has 5 nitrogen and oxygen atoms in total. The van der Waals surface area contributed by atoms with Gasteiger partial charge in [-0.15, -0.1) is 0 Å². The van der Waals surface area contributed by atoms with E-state index in [-0.39, 0.29) is 11.3 Å². The van der Waals surface area contributed by atoms with Crippen LogP contribution in [0.15, 0.2) is 54.7 Å². The first-order valence-corrected chi connectivity index (χ1v) is 8.80. The average Bonchev–Trinajstić information content (AvgIpc) is 3.06. The Morgan fingerprint density at radius 1 is 1.12 bits per heavy atom. The van der Waals surface area contributed by atoms with E-state index in [0.717, 1.165) is 12.1 Å². The Morgan fingerprint density at radius 2 is 1.85 bits per heavy atom. The van der Waals surface area contributed by atoms with Gasteiger partial charge in [-0.2, -0.15) is 9.78 Å². The predicted molar refractivity (Wildman–Crippen MR) is 104 cm³/mol. The van der Waals surface area contributed by atoms with Gasteiger partial charge in [0, 0.05) is 23.2 Å². The van der Waals surface area contributed by atoms with Crippen LogP contribution in [0, 0.1) is 0 Å². The Balaban J connectivity index is 1.95. The second-order valence-electron chi connectivity index (χ2n) is 7.27. The maximum atomic E-state index is 12.7. The molecule has 0 aliphatic heterocycles. The number of anilines is 1. The smallest absolute Gasteiger partial charge is 0.256 e. The molecule has 134 valence electrons. The summed E-state index contributed by atoms with van der Waals surface area (Å²) in [6.45, 7) is 8.36. The van der Waals surface area contributed by atoms with Crippen LogP contribution in [0.2, 0.25) is 0 Å². The van der Waals surface area contributed by atoms with Crippen LogP contribution >= 0.6 is 0 Å². The van der Waals surface area contributed by atoms with E-state index >= 15 is 0 Å². The highest BCUT2D eigenvalue weighted by atomic mass is 16.1. The topological polar surface area (TPSA) is 59.8 Å². The number of amides is 1. The fourth-order valence-electron chi connectivity index (χ4n) is 2.57. The van der Waals surface area contributed by atoms with E-state index in [0.29, 0.717) is 17.2 Å². The molecule has 0 unspecified atom stereocenters. The van der Waals surface area contributed by atoms with Gasteiger partial charge < -0.3 is 5.32 Å².